The second-order valence-corrected chi connectivity index (χ2v) is 7.81. The fourth-order valence-electron chi connectivity index (χ4n) is 3.57. The van der Waals surface area contributed by atoms with Gasteiger partial charge in [-0.25, -0.2) is 9.78 Å². The van der Waals surface area contributed by atoms with E-state index in [9.17, 15) is 4.79 Å². The molecule has 1 fully saturated rings. The van der Waals surface area contributed by atoms with Gasteiger partial charge < -0.3 is 19.0 Å². The number of H-pyrrole nitrogens is 1. The average molecular weight is 440 g/mol. The van der Waals surface area contributed by atoms with E-state index in [2.05, 4.69) is 30.5 Å². The topological polar surface area (TPSA) is 69.1 Å². The lowest BCUT2D eigenvalue weighted by Crippen LogP contribution is -2.31. The second kappa shape index (κ2) is 6.76. The molecule has 0 saturated carbocycles. The van der Waals surface area contributed by atoms with Crippen LogP contribution in [0, 0.1) is 6.92 Å². The Labute approximate surface area is 169 Å². The van der Waals surface area contributed by atoms with Crippen LogP contribution in [0.3, 0.4) is 0 Å². The molecule has 1 saturated heterocycles. The number of carbonyl (C=O) groups is 1. The van der Waals surface area contributed by atoms with Crippen LogP contribution < -0.4 is 4.74 Å². The molecule has 0 aliphatic carbocycles. The van der Waals surface area contributed by atoms with E-state index in [1.54, 1.807) is 12.1 Å². The molecular weight excluding hydrogens is 422 g/mol. The molecule has 6 nitrogen and oxygen atoms in total. The van der Waals surface area contributed by atoms with Crippen molar-refractivity contribution in [3.63, 3.8) is 0 Å². The zero-order valence-electron chi connectivity index (χ0n) is 15.2. The number of hydrogen-bond donors (Lipinski definition) is 1. The zero-order chi connectivity index (χ0) is 19.3. The van der Waals surface area contributed by atoms with Crippen molar-refractivity contribution in [2.45, 2.75) is 26.0 Å². The van der Waals surface area contributed by atoms with Crippen molar-refractivity contribution in [1.29, 1.82) is 0 Å². The van der Waals surface area contributed by atoms with E-state index >= 15 is 0 Å². The van der Waals surface area contributed by atoms with Crippen molar-refractivity contribution in [3.05, 3.63) is 58.5 Å². The van der Waals surface area contributed by atoms with Crippen LogP contribution in [0.4, 0.5) is 0 Å². The lowest BCUT2D eigenvalue weighted by atomic mass is 10.1. The Morgan fingerprint density at radius 1 is 1.36 bits per heavy atom. The summed E-state index contributed by atoms with van der Waals surface area (Å²) in [5, 5.41) is 0.854. The standard InChI is InChI=1S/C21H18BrN3O3/c1-12-24-17-4-2-13(10-18(17)25(12)11-14-7-9-27-14)21(26)28-19-5-3-16(22)20-15(19)6-8-23-20/h2-6,8,10,14,23H,7,9,11H2,1H3. The normalized spacial score (nSPS) is 16.4. The minimum atomic E-state index is -0.392. The summed E-state index contributed by atoms with van der Waals surface area (Å²) >= 11 is 3.50. The number of nitrogens with zero attached hydrogens (tertiary/aromatic N) is 2. The molecule has 2 aromatic carbocycles. The van der Waals surface area contributed by atoms with Gasteiger partial charge in [-0.15, -0.1) is 0 Å². The Bertz CT molecular complexity index is 1210. The van der Waals surface area contributed by atoms with Gasteiger partial charge in [0.25, 0.3) is 0 Å². The van der Waals surface area contributed by atoms with E-state index in [0.29, 0.717) is 11.3 Å². The Morgan fingerprint density at radius 2 is 2.21 bits per heavy atom. The fourth-order valence-corrected chi connectivity index (χ4v) is 4.04. The molecule has 5 rings (SSSR count). The molecule has 1 N–H and O–H groups in total. The third kappa shape index (κ3) is 2.91. The first-order valence-corrected chi connectivity index (χ1v) is 9.96. The van der Waals surface area contributed by atoms with Gasteiger partial charge in [0.15, 0.2) is 0 Å². The molecule has 1 aliphatic rings. The van der Waals surface area contributed by atoms with E-state index < -0.39 is 5.97 Å². The first-order chi connectivity index (χ1) is 13.6. The van der Waals surface area contributed by atoms with Crippen molar-refractivity contribution in [2.24, 2.45) is 0 Å². The highest BCUT2D eigenvalue weighted by Gasteiger charge is 2.21. The Kier molecular flexibility index (Phi) is 4.21. The van der Waals surface area contributed by atoms with Gasteiger partial charge in [-0.1, -0.05) is 0 Å². The predicted molar refractivity (Wildman–Crippen MR) is 110 cm³/mol. The molecule has 0 spiro atoms. The minimum Gasteiger partial charge on any atom is -0.422 e. The van der Waals surface area contributed by atoms with E-state index in [0.717, 1.165) is 51.8 Å². The number of imidazole rings is 1. The van der Waals surface area contributed by atoms with Gasteiger partial charge in [0.1, 0.15) is 11.6 Å². The number of hydrogen-bond acceptors (Lipinski definition) is 4. The number of halogens is 1. The number of ether oxygens (including phenoxy) is 2. The number of carbonyl (C=O) groups excluding carboxylic acids is 1. The zero-order valence-corrected chi connectivity index (χ0v) is 16.8. The molecule has 3 heterocycles. The predicted octanol–water partition coefficient (Wildman–Crippen LogP) is 4.60. The summed E-state index contributed by atoms with van der Waals surface area (Å²) in [5.74, 6) is 1.05. The number of benzene rings is 2. The van der Waals surface area contributed by atoms with Gasteiger partial charge in [0, 0.05) is 22.7 Å². The SMILES string of the molecule is Cc1nc2ccc(C(=O)Oc3ccc(Br)c4[nH]ccc34)cc2n1CC1CCO1. The molecule has 2 aromatic heterocycles. The van der Waals surface area contributed by atoms with E-state index in [1.807, 2.05) is 37.4 Å². The third-order valence-corrected chi connectivity index (χ3v) is 5.85. The molecule has 0 radical (unpaired) electrons. The van der Waals surface area contributed by atoms with E-state index in [1.165, 1.54) is 0 Å². The molecule has 28 heavy (non-hydrogen) atoms. The molecule has 4 aromatic rings. The summed E-state index contributed by atoms with van der Waals surface area (Å²) in [5.41, 5.74) is 3.18. The van der Waals surface area contributed by atoms with Crippen LogP contribution in [0.2, 0.25) is 0 Å². The fraction of sp³-hybridized carbons (Fsp3) is 0.238. The first kappa shape index (κ1) is 17.5. The highest BCUT2D eigenvalue weighted by molar-refractivity contribution is 9.10. The number of aromatic nitrogens is 3. The van der Waals surface area contributed by atoms with Gasteiger partial charge in [-0.2, -0.15) is 0 Å². The van der Waals surface area contributed by atoms with Gasteiger partial charge in [0.2, 0.25) is 0 Å². The number of aromatic amines is 1. The summed E-state index contributed by atoms with van der Waals surface area (Å²) in [4.78, 5) is 20.6. The van der Waals surface area contributed by atoms with Crippen molar-refractivity contribution in [1.82, 2.24) is 14.5 Å². The number of fused-ring (bicyclic) bond motifs is 2. The van der Waals surface area contributed by atoms with Gasteiger partial charge in [-0.3, -0.25) is 0 Å². The van der Waals surface area contributed by atoms with Gasteiger partial charge >= 0.3 is 5.97 Å². The molecule has 142 valence electrons. The van der Waals surface area contributed by atoms with Crippen molar-refractivity contribution in [2.75, 3.05) is 6.61 Å². The summed E-state index contributed by atoms with van der Waals surface area (Å²) < 4.78 is 14.3. The largest absolute Gasteiger partial charge is 0.422 e. The summed E-state index contributed by atoms with van der Waals surface area (Å²) in [6.45, 7) is 3.54. The number of nitrogens with one attached hydrogen (secondary N) is 1. The Hall–Kier alpha value is -2.64. The lowest BCUT2D eigenvalue weighted by Gasteiger charge is -2.27. The summed E-state index contributed by atoms with van der Waals surface area (Å²) in [6, 6.07) is 11.0. The van der Waals surface area contributed by atoms with Crippen LogP contribution in [0.5, 0.6) is 5.75 Å². The molecule has 1 aliphatic heterocycles. The average Bonchev–Trinajstić information content (AvgIpc) is 3.25. The Morgan fingerprint density at radius 3 is 3.00 bits per heavy atom. The minimum absolute atomic E-state index is 0.219. The van der Waals surface area contributed by atoms with Crippen LogP contribution in [0.15, 0.2) is 47.1 Å². The Balaban J connectivity index is 1.48. The molecule has 0 bridgehead atoms. The molecule has 1 atom stereocenters. The van der Waals surface area contributed by atoms with Crippen LogP contribution in [-0.4, -0.2) is 33.2 Å². The highest BCUT2D eigenvalue weighted by atomic mass is 79.9. The monoisotopic (exact) mass is 439 g/mol. The highest BCUT2D eigenvalue weighted by Crippen LogP contribution is 2.31. The van der Waals surface area contributed by atoms with Gasteiger partial charge in [0.05, 0.1) is 34.8 Å². The van der Waals surface area contributed by atoms with Crippen molar-refractivity contribution >= 4 is 43.8 Å². The summed E-state index contributed by atoms with van der Waals surface area (Å²) in [6.07, 6.45) is 3.09. The van der Waals surface area contributed by atoms with Gasteiger partial charge in [-0.05, 0) is 65.7 Å². The van der Waals surface area contributed by atoms with E-state index in [-0.39, 0.29) is 6.10 Å². The maximum absolute atomic E-state index is 12.8. The van der Waals surface area contributed by atoms with Crippen LogP contribution in [-0.2, 0) is 11.3 Å². The molecule has 7 heteroatoms. The van der Waals surface area contributed by atoms with Crippen molar-refractivity contribution < 1.29 is 14.3 Å². The molecule has 0 amide bonds. The quantitative estimate of drug-likeness (QED) is 0.372. The van der Waals surface area contributed by atoms with Crippen LogP contribution >= 0.6 is 15.9 Å². The lowest BCUT2D eigenvalue weighted by molar-refractivity contribution is -0.0589. The van der Waals surface area contributed by atoms with Crippen LogP contribution in [0.1, 0.15) is 22.6 Å². The maximum atomic E-state index is 12.8. The second-order valence-electron chi connectivity index (χ2n) is 6.96. The van der Waals surface area contributed by atoms with Crippen LogP contribution in [0.25, 0.3) is 21.9 Å². The number of aryl methyl sites for hydroxylation is 1. The number of esters is 1. The first-order valence-electron chi connectivity index (χ1n) is 9.16. The van der Waals surface area contributed by atoms with Crippen molar-refractivity contribution in [3.8, 4) is 5.75 Å². The molecular formula is C21H18BrN3O3. The smallest absolute Gasteiger partial charge is 0.343 e. The third-order valence-electron chi connectivity index (χ3n) is 5.19. The number of rotatable bonds is 4. The summed E-state index contributed by atoms with van der Waals surface area (Å²) in [7, 11) is 0. The molecule has 1 unspecified atom stereocenters. The maximum Gasteiger partial charge on any atom is 0.343 e. The van der Waals surface area contributed by atoms with E-state index in [4.69, 9.17) is 9.47 Å².